The zero-order valence-electron chi connectivity index (χ0n) is 10.6. The predicted molar refractivity (Wildman–Crippen MR) is 85.3 cm³/mol. The van der Waals surface area contributed by atoms with Crippen LogP contribution in [-0.4, -0.2) is 9.97 Å². The van der Waals surface area contributed by atoms with Crippen molar-refractivity contribution < 1.29 is 0 Å². The van der Waals surface area contributed by atoms with E-state index in [1.807, 2.05) is 30.3 Å². The van der Waals surface area contributed by atoms with E-state index in [-0.39, 0.29) is 6.04 Å². The Bertz CT molecular complexity index is 678. The van der Waals surface area contributed by atoms with Gasteiger partial charge in [-0.3, -0.25) is 16.3 Å². The summed E-state index contributed by atoms with van der Waals surface area (Å²) in [4.78, 5) is 9.02. The van der Waals surface area contributed by atoms with E-state index in [9.17, 15) is 0 Å². The van der Waals surface area contributed by atoms with Crippen LogP contribution in [0.3, 0.4) is 0 Å². The molecule has 3 rings (SSSR count). The van der Waals surface area contributed by atoms with Crippen molar-refractivity contribution in [2.45, 2.75) is 12.5 Å². The molecular weight excluding hydrogens is 336 g/mol. The molecule has 1 atom stereocenters. The molecule has 2 heterocycles. The van der Waals surface area contributed by atoms with Crippen molar-refractivity contribution in [2.24, 2.45) is 5.84 Å². The summed E-state index contributed by atoms with van der Waals surface area (Å²) >= 11 is 5.08. The summed E-state index contributed by atoms with van der Waals surface area (Å²) in [6.07, 6.45) is 2.50. The number of nitrogens with one attached hydrogen (secondary N) is 1. The van der Waals surface area contributed by atoms with Gasteiger partial charge in [-0.2, -0.15) is 0 Å². The van der Waals surface area contributed by atoms with Gasteiger partial charge in [-0.05, 0) is 40.2 Å². The molecule has 2 aromatic heterocycles. The zero-order valence-corrected chi connectivity index (χ0v) is 13.0. The number of pyridine rings is 1. The number of hydrazine groups is 1. The van der Waals surface area contributed by atoms with E-state index < -0.39 is 0 Å². The second kappa shape index (κ2) is 5.97. The molecule has 0 saturated carbocycles. The number of benzene rings is 1. The van der Waals surface area contributed by atoms with Gasteiger partial charge < -0.3 is 0 Å². The zero-order chi connectivity index (χ0) is 13.9. The van der Waals surface area contributed by atoms with Crippen molar-refractivity contribution in [3.05, 3.63) is 57.8 Å². The van der Waals surface area contributed by atoms with Gasteiger partial charge in [0.25, 0.3) is 0 Å². The van der Waals surface area contributed by atoms with Crippen molar-refractivity contribution in [1.29, 1.82) is 0 Å². The van der Waals surface area contributed by atoms with Crippen LogP contribution in [0.15, 0.2) is 47.1 Å². The van der Waals surface area contributed by atoms with Crippen LogP contribution in [0.4, 0.5) is 0 Å². The second-order valence-corrected chi connectivity index (χ2v) is 6.43. The predicted octanol–water partition coefficient (Wildman–Crippen LogP) is 3.20. The molecular formula is C14H13BrN4S. The molecule has 0 aliphatic heterocycles. The summed E-state index contributed by atoms with van der Waals surface area (Å²) in [5, 5.41) is 1.05. The minimum Gasteiger partial charge on any atom is -0.271 e. The maximum absolute atomic E-state index is 5.66. The van der Waals surface area contributed by atoms with E-state index in [0.29, 0.717) is 0 Å². The molecule has 0 bridgehead atoms. The van der Waals surface area contributed by atoms with Gasteiger partial charge in [-0.15, -0.1) is 11.3 Å². The van der Waals surface area contributed by atoms with E-state index in [1.165, 1.54) is 4.70 Å². The Morgan fingerprint density at radius 1 is 1.25 bits per heavy atom. The van der Waals surface area contributed by atoms with Crippen molar-refractivity contribution >= 4 is 37.5 Å². The highest BCUT2D eigenvalue weighted by Gasteiger charge is 2.14. The SMILES string of the molecule is NNC(Cc1nc2ccccc2s1)c1ccc(Br)cn1. The molecule has 4 nitrogen and oxygen atoms in total. The first-order chi connectivity index (χ1) is 9.76. The molecule has 102 valence electrons. The number of thiazole rings is 1. The smallest absolute Gasteiger partial charge is 0.0958 e. The number of para-hydroxylation sites is 1. The van der Waals surface area contributed by atoms with Crippen LogP contribution >= 0.6 is 27.3 Å². The monoisotopic (exact) mass is 348 g/mol. The summed E-state index contributed by atoms with van der Waals surface area (Å²) < 4.78 is 2.15. The van der Waals surface area contributed by atoms with E-state index in [4.69, 9.17) is 5.84 Å². The summed E-state index contributed by atoms with van der Waals surface area (Å²) in [6.45, 7) is 0. The fourth-order valence-corrected chi connectivity index (χ4v) is 3.27. The van der Waals surface area contributed by atoms with Crippen LogP contribution in [-0.2, 0) is 6.42 Å². The summed E-state index contributed by atoms with van der Waals surface area (Å²) in [6, 6.07) is 12.0. The molecule has 1 aromatic carbocycles. The lowest BCUT2D eigenvalue weighted by Crippen LogP contribution is -2.30. The number of hydrogen-bond acceptors (Lipinski definition) is 5. The van der Waals surface area contributed by atoms with Crippen molar-refractivity contribution in [3.63, 3.8) is 0 Å². The number of nitrogens with two attached hydrogens (primary N) is 1. The van der Waals surface area contributed by atoms with E-state index in [1.54, 1.807) is 17.5 Å². The van der Waals surface area contributed by atoms with Crippen molar-refractivity contribution in [2.75, 3.05) is 0 Å². The number of nitrogens with zero attached hydrogens (tertiary/aromatic N) is 2. The van der Waals surface area contributed by atoms with E-state index in [2.05, 4.69) is 37.4 Å². The number of aromatic nitrogens is 2. The number of halogens is 1. The fraction of sp³-hybridized carbons (Fsp3) is 0.143. The first-order valence-electron chi connectivity index (χ1n) is 6.18. The third-order valence-corrected chi connectivity index (χ3v) is 4.55. The molecule has 1 unspecified atom stereocenters. The third kappa shape index (κ3) is 2.88. The minimum atomic E-state index is -0.0383. The molecule has 6 heteroatoms. The van der Waals surface area contributed by atoms with E-state index >= 15 is 0 Å². The van der Waals surface area contributed by atoms with Gasteiger partial charge >= 0.3 is 0 Å². The van der Waals surface area contributed by atoms with Gasteiger partial charge in [0.05, 0.1) is 27.0 Å². The van der Waals surface area contributed by atoms with Gasteiger partial charge in [-0.1, -0.05) is 12.1 Å². The average molecular weight is 349 g/mol. The fourth-order valence-electron chi connectivity index (χ4n) is 2.02. The Balaban J connectivity index is 1.85. The average Bonchev–Trinajstić information content (AvgIpc) is 2.88. The van der Waals surface area contributed by atoms with Gasteiger partial charge in [0.15, 0.2) is 0 Å². The van der Waals surface area contributed by atoms with Gasteiger partial charge in [-0.25, -0.2) is 4.98 Å². The maximum atomic E-state index is 5.66. The van der Waals surface area contributed by atoms with Crippen LogP contribution in [0.1, 0.15) is 16.7 Å². The quantitative estimate of drug-likeness (QED) is 0.561. The second-order valence-electron chi connectivity index (χ2n) is 4.40. The largest absolute Gasteiger partial charge is 0.271 e. The molecule has 0 aliphatic carbocycles. The lowest BCUT2D eigenvalue weighted by atomic mass is 10.1. The Morgan fingerprint density at radius 2 is 2.10 bits per heavy atom. The summed E-state index contributed by atoms with van der Waals surface area (Å²) in [5.41, 5.74) is 4.77. The number of hydrogen-bond donors (Lipinski definition) is 2. The van der Waals surface area contributed by atoms with E-state index in [0.717, 1.165) is 27.1 Å². The van der Waals surface area contributed by atoms with Gasteiger partial charge in [0.1, 0.15) is 0 Å². The molecule has 0 spiro atoms. The number of rotatable bonds is 4. The molecule has 0 radical (unpaired) electrons. The van der Waals surface area contributed by atoms with Crippen LogP contribution in [0, 0.1) is 0 Å². The third-order valence-electron chi connectivity index (χ3n) is 3.03. The molecule has 0 saturated heterocycles. The van der Waals surface area contributed by atoms with Crippen molar-refractivity contribution in [1.82, 2.24) is 15.4 Å². The van der Waals surface area contributed by atoms with Crippen LogP contribution in [0.5, 0.6) is 0 Å². The minimum absolute atomic E-state index is 0.0383. The molecule has 3 aromatic rings. The van der Waals surface area contributed by atoms with Crippen LogP contribution in [0.2, 0.25) is 0 Å². The first kappa shape index (κ1) is 13.6. The van der Waals surface area contributed by atoms with Gasteiger partial charge in [0, 0.05) is 17.1 Å². The highest BCUT2D eigenvalue weighted by atomic mass is 79.9. The first-order valence-corrected chi connectivity index (χ1v) is 7.79. The van der Waals surface area contributed by atoms with Crippen molar-refractivity contribution in [3.8, 4) is 0 Å². The maximum Gasteiger partial charge on any atom is 0.0958 e. The van der Waals surface area contributed by atoms with Crippen LogP contribution in [0.25, 0.3) is 10.2 Å². The highest BCUT2D eigenvalue weighted by molar-refractivity contribution is 9.10. The topological polar surface area (TPSA) is 63.8 Å². The Kier molecular flexibility index (Phi) is 4.07. The Morgan fingerprint density at radius 3 is 2.80 bits per heavy atom. The Hall–Kier alpha value is -1.34. The lowest BCUT2D eigenvalue weighted by Gasteiger charge is -2.13. The molecule has 20 heavy (non-hydrogen) atoms. The standard InChI is InChI=1S/C14H13BrN4S/c15-9-5-6-10(17-8-9)12(19-16)7-14-18-11-3-1-2-4-13(11)20-14/h1-6,8,12,19H,7,16H2. The molecule has 0 fully saturated rings. The highest BCUT2D eigenvalue weighted by Crippen LogP contribution is 2.25. The lowest BCUT2D eigenvalue weighted by molar-refractivity contribution is 0.537. The molecule has 0 aliphatic rings. The molecule has 3 N–H and O–H groups in total. The van der Waals surface area contributed by atoms with Crippen LogP contribution < -0.4 is 11.3 Å². The van der Waals surface area contributed by atoms with Gasteiger partial charge in [0.2, 0.25) is 0 Å². The summed E-state index contributed by atoms with van der Waals surface area (Å²) in [7, 11) is 0. The number of fused-ring (bicyclic) bond motifs is 1. The Labute approximate surface area is 129 Å². The molecule has 0 amide bonds. The summed E-state index contributed by atoms with van der Waals surface area (Å²) in [5.74, 6) is 5.66. The normalized spacial score (nSPS) is 12.7.